The number of fused-ring (bicyclic) bond motifs is 5. The number of aromatic amines is 2. The zero-order valence-electron chi connectivity index (χ0n) is 8.62. The van der Waals surface area contributed by atoms with Gasteiger partial charge in [0.15, 0.2) is 0 Å². The van der Waals surface area contributed by atoms with Crippen molar-refractivity contribution in [3.8, 4) is 0 Å². The lowest BCUT2D eigenvalue weighted by atomic mass is 10.1. The molecule has 0 aliphatic heterocycles. The van der Waals surface area contributed by atoms with Crippen LogP contribution in [0, 0.1) is 0 Å². The van der Waals surface area contributed by atoms with Crippen molar-refractivity contribution in [1.82, 2.24) is 9.97 Å². The number of benzene rings is 2. The maximum atomic E-state index is 3.45. The quantitative estimate of drug-likeness (QED) is 0.438. The molecule has 0 aliphatic rings. The van der Waals surface area contributed by atoms with Crippen LogP contribution in [0.15, 0.2) is 48.8 Å². The summed E-state index contributed by atoms with van der Waals surface area (Å²) in [5, 5.41) is 5.16. The average Bonchev–Trinajstić information content (AvgIpc) is 2.91. The van der Waals surface area contributed by atoms with E-state index in [-0.39, 0.29) is 0 Å². The molecule has 2 aromatic carbocycles. The Morgan fingerprint density at radius 3 is 2.69 bits per heavy atom. The Morgan fingerprint density at radius 1 is 0.750 bits per heavy atom. The van der Waals surface area contributed by atoms with Gasteiger partial charge < -0.3 is 9.97 Å². The monoisotopic (exact) mass is 206 g/mol. The van der Waals surface area contributed by atoms with Crippen molar-refractivity contribution in [2.24, 2.45) is 0 Å². The van der Waals surface area contributed by atoms with Crippen molar-refractivity contribution in [3.05, 3.63) is 48.8 Å². The lowest BCUT2D eigenvalue weighted by Gasteiger charge is -1.93. The van der Waals surface area contributed by atoms with Gasteiger partial charge in [-0.2, -0.15) is 0 Å². The molecule has 76 valence electrons. The standard InChI is InChI=1S/C14H10N2/c1-2-4-12-10(3-1)14-11-8-15-7-9(11)5-6-13(14)16-12/h1-8,15-16H. The van der Waals surface area contributed by atoms with E-state index in [2.05, 4.69) is 52.6 Å². The third kappa shape index (κ3) is 0.865. The minimum atomic E-state index is 1.20. The number of H-pyrrole nitrogens is 2. The van der Waals surface area contributed by atoms with Crippen molar-refractivity contribution < 1.29 is 0 Å². The molecule has 0 spiro atoms. The van der Waals surface area contributed by atoms with Crippen molar-refractivity contribution in [3.63, 3.8) is 0 Å². The lowest BCUT2D eigenvalue weighted by molar-refractivity contribution is 1.43. The summed E-state index contributed by atoms with van der Waals surface area (Å²) in [6.45, 7) is 0. The molecular weight excluding hydrogens is 196 g/mol. The van der Waals surface area contributed by atoms with Crippen LogP contribution in [0.2, 0.25) is 0 Å². The van der Waals surface area contributed by atoms with Gasteiger partial charge in [-0.1, -0.05) is 24.3 Å². The van der Waals surface area contributed by atoms with Crippen LogP contribution in [0.5, 0.6) is 0 Å². The molecule has 0 bridgehead atoms. The number of aromatic nitrogens is 2. The molecule has 0 atom stereocenters. The molecule has 2 heterocycles. The second kappa shape index (κ2) is 2.67. The zero-order chi connectivity index (χ0) is 10.5. The van der Waals surface area contributed by atoms with E-state index in [9.17, 15) is 0 Å². The van der Waals surface area contributed by atoms with Gasteiger partial charge in [0.2, 0.25) is 0 Å². The molecule has 0 radical (unpaired) electrons. The van der Waals surface area contributed by atoms with E-state index in [0.29, 0.717) is 0 Å². The van der Waals surface area contributed by atoms with E-state index in [1.165, 1.54) is 32.6 Å². The SMILES string of the molecule is c1ccc2c(c1)[nH]c1ccc3c[nH]cc3c12. The molecule has 16 heavy (non-hydrogen) atoms. The molecule has 0 saturated carbocycles. The van der Waals surface area contributed by atoms with Gasteiger partial charge in [0.1, 0.15) is 0 Å². The summed E-state index contributed by atoms with van der Waals surface area (Å²) in [6.07, 6.45) is 4.11. The van der Waals surface area contributed by atoms with E-state index in [1.807, 2.05) is 6.20 Å². The smallest absolute Gasteiger partial charge is 0.0471 e. The third-order valence-electron chi connectivity index (χ3n) is 3.21. The first kappa shape index (κ1) is 7.99. The summed E-state index contributed by atoms with van der Waals surface area (Å²) in [4.78, 5) is 6.62. The van der Waals surface area contributed by atoms with E-state index < -0.39 is 0 Å². The maximum absolute atomic E-state index is 3.45. The molecule has 4 aromatic rings. The Bertz CT molecular complexity index is 805. The van der Waals surface area contributed by atoms with Crippen LogP contribution in [0.4, 0.5) is 0 Å². The summed E-state index contributed by atoms with van der Waals surface area (Å²) in [7, 11) is 0. The molecule has 2 nitrogen and oxygen atoms in total. The molecule has 0 aliphatic carbocycles. The van der Waals surface area contributed by atoms with Crippen molar-refractivity contribution in [1.29, 1.82) is 0 Å². The highest BCUT2D eigenvalue weighted by Crippen LogP contribution is 2.31. The van der Waals surface area contributed by atoms with Gasteiger partial charge >= 0.3 is 0 Å². The normalized spacial score (nSPS) is 11.8. The van der Waals surface area contributed by atoms with Gasteiger partial charge in [-0.3, -0.25) is 0 Å². The second-order valence-corrected chi connectivity index (χ2v) is 4.12. The fraction of sp³-hybridized carbons (Fsp3) is 0. The molecular formula is C14H10N2. The molecule has 2 aromatic heterocycles. The maximum Gasteiger partial charge on any atom is 0.0471 e. The summed E-state index contributed by atoms with van der Waals surface area (Å²) >= 11 is 0. The summed E-state index contributed by atoms with van der Waals surface area (Å²) in [5.41, 5.74) is 2.40. The fourth-order valence-corrected chi connectivity index (χ4v) is 2.48. The molecule has 2 N–H and O–H groups in total. The van der Waals surface area contributed by atoms with Crippen LogP contribution in [-0.2, 0) is 0 Å². The number of rotatable bonds is 0. The molecule has 0 saturated heterocycles. The second-order valence-electron chi connectivity index (χ2n) is 4.12. The van der Waals surface area contributed by atoms with Crippen molar-refractivity contribution >= 4 is 32.6 Å². The fourth-order valence-electron chi connectivity index (χ4n) is 2.48. The van der Waals surface area contributed by atoms with E-state index in [4.69, 9.17) is 0 Å². The van der Waals surface area contributed by atoms with E-state index >= 15 is 0 Å². The highest BCUT2D eigenvalue weighted by molar-refractivity contribution is 6.19. The van der Waals surface area contributed by atoms with Gasteiger partial charge in [0, 0.05) is 39.6 Å². The number of nitrogens with one attached hydrogen (secondary N) is 2. The van der Waals surface area contributed by atoms with Crippen LogP contribution >= 0.6 is 0 Å². The van der Waals surface area contributed by atoms with Crippen LogP contribution in [0.3, 0.4) is 0 Å². The predicted octanol–water partition coefficient (Wildman–Crippen LogP) is 3.80. The van der Waals surface area contributed by atoms with E-state index in [0.717, 1.165) is 0 Å². The summed E-state index contributed by atoms with van der Waals surface area (Å²) in [6, 6.07) is 12.7. The zero-order valence-corrected chi connectivity index (χ0v) is 8.62. The Kier molecular flexibility index (Phi) is 1.33. The van der Waals surface area contributed by atoms with Gasteiger partial charge in [-0.25, -0.2) is 0 Å². The van der Waals surface area contributed by atoms with Crippen LogP contribution in [0.25, 0.3) is 32.6 Å². The molecule has 0 fully saturated rings. The van der Waals surface area contributed by atoms with Crippen LogP contribution in [0.1, 0.15) is 0 Å². The van der Waals surface area contributed by atoms with Crippen molar-refractivity contribution in [2.75, 3.05) is 0 Å². The minimum absolute atomic E-state index is 1.20. The Labute approximate surface area is 91.9 Å². The highest BCUT2D eigenvalue weighted by atomic mass is 14.7. The van der Waals surface area contributed by atoms with Gasteiger partial charge in [0.05, 0.1) is 0 Å². The molecule has 0 amide bonds. The first-order valence-electron chi connectivity index (χ1n) is 5.39. The molecule has 4 rings (SSSR count). The Hall–Kier alpha value is -2.22. The van der Waals surface area contributed by atoms with Gasteiger partial charge in [-0.05, 0) is 17.5 Å². The predicted molar refractivity (Wildman–Crippen MR) is 67.7 cm³/mol. The Balaban J connectivity index is 2.42. The van der Waals surface area contributed by atoms with E-state index in [1.54, 1.807) is 0 Å². The first-order valence-corrected chi connectivity index (χ1v) is 5.39. The van der Waals surface area contributed by atoms with Crippen molar-refractivity contribution in [2.45, 2.75) is 0 Å². The average molecular weight is 206 g/mol. The first-order chi connectivity index (χ1) is 7.93. The lowest BCUT2D eigenvalue weighted by Crippen LogP contribution is -1.68. The highest BCUT2D eigenvalue weighted by Gasteiger charge is 2.07. The summed E-state index contributed by atoms with van der Waals surface area (Å²) < 4.78 is 0. The number of hydrogen-bond donors (Lipinski definition) is 2. The minimum Gasteiger partial charge on any atom is -0.366 e. The molecule has 2 heteroatoms. The number of para-hydroxylation sites is 1. The van der Waals surface area contributed by atoms with Crippen LogP contribution in [-0.4, -0.2) is 9.97 Å². The largest absolute Gasteiger partial charge is 0.366 e. The molecule has 0 unspecified atom stereocenters. The summed E-state index contributed by atoms with van der Waals surface area (Å²) in [5.74, 6) is 0. The van der Waals surface area contributed by atoms with Gasteiger partial charge in [-0.15, -0.1) is 0 Å². The third-order valence-corrected chi connectivity index (χ3v) is 3.21. The van der Waals surface area contributed by atoms with Crippen LogP contribution < -0.4 is 0 Å². The number of hydrogen-bond acceptors (Lipinski definition) is 0. The topological polar surface area (TPSA) is 31.6 Å². The Morgan fingerprint density at radius 2 is 1.69 bits per heavy atom. The van der Waals surface area contributed by atoms with Gasteiger partial charge in [0.25, 0.3) is 0 Å².